The van der Waals surface area contributed by atoms with Gasteiger partial charge in [-0.15, -0.1) is 6.54 Å². The summed E-state index contributed by atoms with van der Waals surface area (Å²) in [5.74, 6) is 0. The quantitative estimate of drug-likeness (QED) is 0.561. The van der Waals surface area contributed by atoms with E-state index in [-0.39, 0.29) is 40.0 Å². The molecule has 0 aromatic heterocycles. The summed E-state index contributed by atoms with van der Waals surface area (Å²) in [5, 5.41) is 4.01. The maximum Gasteiger partial charge on any atom is 2.00 e. The molecule has 0 spiro atoms. The fourth-order valence-corrected chi connectivity index (χ4v) is 0.766. The molecule has 11 heavy (non-hydrogen) atoms. The largest absolute Gasteiger partial charge is 2.00 e. The van der Waals surface area contributed by atoms with Crippen LogP contribution in [0.5, 0.6) is 0 Å². The Hall–Kier alpha value is 0.426. The van der Waals surface area contributed by atoms with E-state index in [9.17, 15) is 0 Å². The minimum absolute atomic E-state index is 0. The number of hydrogen-bond donors (Lipinski definition) is 0. The van der Waals surface area contributed by atoms with Gasteiger partial charge in [-0.2, -0.15) is 7.05 Å². The minimum atomic E-state index is 0. The van der Waals surface area contributed by atoms with Crippen LogP contribution < -0.4 is 17.0 Å². The summed E-state index contributed by atoms with van der Waals surface area (Å²) < 4.78 is 0. The molecular weight excluding hydrogens is 214 g/mol. The van der Waals surface area contributed by atoms with E-state index < -0.39 is 0 Å². The number of benzene rings is 1. The van der Waals surface area contributed by atoms with Gasteiger partial charge in [0.1, 0.15) is 0 Å². The molecule has 0 saturated heterocycles. The van der Waals surface area contributed by atoms with Crippen LogP contribution in [0, 0.1) is 0 Å². The molecule has 0 bridgehead atoms. The van der Waals surface area contributed by atoms with Gasteiger partial charge in [0, 0.05) is 0 Å². The topological polar surface area (TPSA) is 14.1 Å². The third-order valence-corrected chi connectivity index (χ3v) is 1.18. The van der Waals surface area contributed by atoms with Crippen molar-refractivity contribution in [3.63, 3.8) is 0 Å². The zero-order valence-electron chi connectivity index (χ0n) is 6.63. The van der Waals surface area contributed by atoms with Gasteiger partial charge < -0.3 is 22.3 Å². The van der Waals surface area contributed by atoms with Crippen LogP contribution >= 0.6 is 0 Å². The van der Waals surface area contributed by atoms with Crippen molar-refractivity contribution >= 4 is 23.1 Å². The molecule has 56 valence electrons. The summed E-state index contributed by atoms with van der Waals surface area (Å²) in [7, 11) is 1.83. The monoisotopic (exact) mass is 223 g/mol. The van der Waals surface area contributed by atoms with Crippen molar-refractivity contribution in [1.29, 1.82) is 0 Å². The van der Waals surface area contributed by atoms with Gasteiger partial charge >= 0.3 is 23.1 Å². The zero-order valence-corrected chi connectivity index (χ0v) is 9.63. The fraction of sp³-hybridized carbons (Fsp3) is 0.250. The standard InChI is InChI=1S/C8H10N.BrH.Mg/c1-9-7-8-5-3-2-4-6-8;;/h2-6H,7H2,1H3;1H;/q-1;;+2/p-1. The molecule has 1 nitrogen and oxygen atoms in total. The van der Waals surface area contributed by atoms with Crippen LogP contribution in [0.2, 0.25) is 0 Å². The Morgan fingerprint density at radius 1 is 1.18 bits per heavy atom. The number of rotatable bonds is 2. The predicted molar refractivity (Wildman–Crippen MR) is 45.2 cm³/mol. The second-order valence-electron chi connectivity index (χ2n) is 1.96. The second kappa shape index (κ2) is 8.52. The number of halogens is 1. The molecular formula is C8H10BrMgN. The molecule has 1 aromatic rings. The van der Waals surface area contributed by atoms with E-state index in [1.807, 2.05) is 25.2 Å². The van der Waals surface area contributed by atoms with Crippen LogP contribution in [0.15, 0.2) is 30.3 Å². The first kappa shape index (κ1) is 14.0. The summed E-state index contributed by atoms with van der Waals surface area (Å²) in [5.41, 5.74) is 1.28. The Morgan fingerprint density at radius 3 is 2.18 bits per heavy atom. The molecule has 0 heterocycles. The van der Waals surface area contributed by atoms with Crippen molar-refractivity contribution in [3.8, 4) is 0 Å². The first-order valence-corrected chi connectivity index (χ1v) is 3.03. The summed E-state index contributed by atoms with van der Waals surface area (Å²) in [4.78, 5) is 0. The van der Waals surface area contributed by atoms with E-state index in [1.165, 1.54) is 5.56 Å². The van der Waals surface area contributed by atoms with E-state index in [1.54, 1.807) is 0 Å². The van der Waals surface area contributed by atoms with Gasteiger partial charge in [0.05, 0.1) is 0 Å². The summed E-state index contributed by atoms with van der Waals surface area (Å²) in [6, 6.07) is 10.2. The van der Waals surface area contributed by atoms with Gasteiger partial charge in [-0.3, -0.25) is 0 Å². The van der Waals surface area contributed by atoms with Crippen molar-refractivity contribution in [2.24, 2.45) is 0 Å². The van der Waals surface area contributed by atoms with Crippen molar-refractivity contribution in [2.75, 3.05) is 7.05 Å². The van der Waals surface area contributed by atoms with E-state index in [0.29, 0.717) is 0 Å². The number of hydrogen-bond acceptors (Lipinski definition) is 0. The second-order valence-corrected chi connectivity index (χ2v) is 1.96. The Balaban J connectivity index is 0. The minimum Gasteiger partial charge on any atom is -1.00 e. The molecule has 3 heteroatoms. The third-order valence-electron chi connectivity index (χ3n) is 1.18. The first-order valence-electron chi connectivity index (χ1n) is 3.03. The van der Waals surface area contributed by atoms with Crippen molar-refractivity contribution in [3.05, 3.63) is 41.2 Å². The van der Waals surface area contributed by atoms with E-state index in [2.05, 4.69) is 17.4 Å². The smallest absolute Gasteiger partial charge is 1.00 e. The van der Waals surface area contributed by atoms with Crippen LogP contribution in [-0.2, 0) is 6.54 Å². The molecule has 0 atom stereocenters. The summed E-state index contributed by atoms with van der Waals surface area (Å²) in [6.07, 6.45) is 0. The van der Waals surface area contributed by atoms with Gasteiger partial charge in [0.15, 0.2) is 0 Å². The van der Waals surface area contributed by atoms with Crippen LogP contribution in [-0.4, -0.2) is 30.1 Å². The molecule has 0 aliphatic heterocycles. The average molecular weight is 224 g/mol. The molecule has 1 rings (SSSR count). The molecule has 0 aliphatic carbocycles. The van der Waals surface area contributed by atoms with E-state index in [0.717, 1.165) is 6.54 Å². The first-order chi connectivity index (χ1) is 4.43. The number of nitrogens with zero attached hydrogens (tertiary/aromatic N) is 1. The van der Waals surface area contributed by atoms with Crippen LogP contribution in [0.1, 0.15) is 5.56 Å². The Kier molecular flexibility index (Phi) is 10.8. The van der Waals surface area contributed by atoms with Crippen molar-refractivity contribution in [2.45, 2.75) is 6.54 Å². The molecule has 0 unspecified atom stereocenters. The maximum absolute atomic E-state index is 4.01. The summed E-state index contributed by atoms with van der Waals surface area (Å²) >= 11 is 0. The molecule has 0 saturated carbocycles. The molecule has 0 N–H and O–H groups in total. The molecule has 1 aromatic carbocycles. The third kappa shape index (κ3) is 5.67. The van der Waals surface area contributed by atoms with Crippen molar-refractivity contribution in [1.82, 2.24) is 0 Å². The molecule has 0 fully saturated rings. The van der Waals surface area contributed by atoms with Crippen molar-refractivity contribution < 1.29 is 17.0 Å². The van der Waals surface area contributed by atoms with Crippen LogP contribution in [0.3, 0.4) is 0 Å². The molecule has 0 aliphatic rings. The van der Waals surface area contributed by atoms with Gasteiger partial charge in [0.25, 0.3) is 0 Å². The normalized spacial score (nSPS) is 7.73. The maximum atomic E-state index is 4.01. The van der Waals surface area contributed by atoms with Gasteiger partial charge in [0.2, 0.25) is 0 Å². The Morgan fingerprint density at radius 2 is 1.73 bits per heavy atom. The SMILES string of the molecule is C[N-]Cc1ccccc1.[Br-].[Mg+2]. The zero-order chi connectivity index (χ0) is 6.53. The van der Waals surface area contributed by atoms with E-state index in [4.69, 9.17) is 0 Å². The molecule has 0 amide bonds. The van der Waals surface area contributed by atoms with E-state index >= 15 is 0 Å². The average Bonchev–Trinajstić information content (AvgIpc) is 1.91. The summed E-state index contributed by atoms with van der Waals surface area (Å²) in [6.45, 7) is 0.834. The van der Waals surface area contributed by atoms with Crippen LogP contribution in [0.4, 0.5) is 0 Å². The Labute approximate surface area is 94.5 Å². The predicted octanol–water partition coefficient (Wildman–Crippen LogP) is -1.19. The van der Waals surface area contributed by atoms with Crippen LogP contribution in [0.25, 0.3) is 5.32 Å². The van der Waals surface area contributed by atoms with Gasteiger partial charge in [-0.1, -0.05) is 35.9 Å². The van der Waals surface area contributed by atoms with Gasteiger partial charge in [-0.05, 0) is 0 Å². The Bertz CT molecular complexity index is 167. The molecule has 0 radical (unpaired) electrons. The fourth-order valence-electron chi connectivity index (χ4n) is 0.766. The van der Waals surface area contributed by atoms with Gasteiger partial charge in [-0.25, -0.2) is 0 Å².